The first kappa shape index (κ1) is 18.7. The van der Waals surface area contributed by atoms with Crippen molar-refractivity contribution in [3.63, 3.8) is 0 Å². The highest BCUT2D eigenvalue weighted by molar-refractivity contribution is 6.35. The number of likely N-dealkylation sites (N-methyl/N-ethyl adjacent to an activating group) is 1. The van der Waals surface area contributed by atoms with Crippen molar-refractivity contribution in [3.05, 3.63) is 29.3 Å². The van der Waals surface area contributed by atoms with E-state index in [1.807, 2.05) is 26.2 Å². The smallest absolute Gasteiger partial charge is 0.309 e. The largest absolute Gasteiger partial charge is 0.493 e. The van der Waals surface area contributed by atoms with Gasteiger partial charge in [0.05, 0.1) is 12.6 Å². The number of nitrogens with one attached hydrogen (secondary N) is 2. The fourth-order valence-electron chi connectivity index (χ4n) is 3.78. The van der Waals surface area contributed by atoms with E-state index in [0.29, 0.717) is 6.54 Å². The maximum atomic E-state index is 12.2. The van der Waals surface area contributed by atoms with Crippen molar-refractivity contribution < 1.29 is 14.3 Å². The van der Waals surface area contributed by atoms with Crippen molar-refractivity contribution in [1.82, 2.24) is 15.5 Å². The normalized spacial score (nSPS) is 18.1. The number of hydrogen-bond donors (Lipinski definition) is 2. The summed E-state index contributed by atoms with van der Waals surface area (Å²) < 4.78 is 5.56. The van der Waals surface area contributed by atoms with Crippen LogP contribution in [-0.2, 0) is 16.0 Å². The van der Waals surface area contributed by atoms with Crippen LogP contribution in [0.15, 0.2) is 18.2 Å². The van der Waals surface area contributed by atoms with Gasteiger partial charge in [-0.2, -0.15) is 0 Å². The average Bonchev–Trinajstić information content (AvgIpc) is 3.10. The van der Waals surface area contributed by atoms with Gasteiger partial charge >= 0.3 is 11.8 Å². The van der Waals surface area contributed by atoms with Crippen LogP contribution in [0.5, 0.6) is 5.75 Å². The molecule has 6 heteroatoms. The molecule has 1 aliphatic carbocycles. The molecule has 0 bridgehead atoms. The fourth-order valence-corrected chi connectivity index (χ4v) is 3.78. The molecule has 0 spiro atoms. The van der Waals surface area contributed by atoms with Crippen LogP contribution in [0.3, 0.4) is 0 Å². The molecule has 0 radical (unpaired) electrons. The van der Waals surface area contributed by atoms with Gasteiger partial charge in [0.1, 0.15) is 5.75 Å². The van der Waals surface area contributed by atoms with Gasteiger partial charge in [-0.1, -0.05) is 31.4 Å². The van der Waals surface area contributed by atoms with E-state index in [2.05, 4.69) is 21.6 Å². The third kappa shape index (κ3) is 4.55. The molecule has 2 N–H and O–H groups in total. The molecule has 1 aromatic carbocycles. The lowest BCUT2D eigenvalue weighted by atomic mass is 9.95. The number of hydrogen-bond acceptors (Lipinski definition) is 4. The minimum absolute atomic E-state index is 0.00679. The summed E-state index contributed by atoms with van der Waals surface area (Å²) >= 11 is 0. The number of fused-ring (bicyclic) bond motifs is 1. The van der Waals surface area contributed by atoms with Crippen molar-refractivity contribution >= 4 is 11.8 Å². The Balaban J connectivity index is 1.56. The van der Waals surface area contributed by atoms with E-state index in [1.54, 1.807) is 0 Å². The van der Waals surface area contributed by atoms with Gasteiger partial charge in [-0.15, -0.1) is 0 Å². The summed E-state index contributed by atoms with van der Waals surface area (Å²) in [6, 6.07) is 6.31. The van der Waals surface area contributed by atoms with Crippen LogP contribution < -0.4 is 15.4 Å². The Morgan fingerprint density at radius 1 is 1.19 bits per heavy atom. The minimum Gasteiger partial charge on any atom is -0.493 e. The van der Waals surface area contributed by atoms with Crippen LogP contribution in [0.1, 0.15) is 49.3 Å². The zero-order valence-electron chi connectivity index (χ0n) is 15.7. The van der Waals surface area contributed by atoms with Crippen molar-refractivity contribution in [3.8, 4) is 5.75 Å². The molecule has 3 rings (SSSR count). The molecule has 1 atom stereocenters. The van der Waals surface area contributed by atoms with E-state index in [1.165, 1.54) is 12.0 Å². The van der Waals surface area contributed by atoms with Crippen molar-refractivity contribution in [2.75, 3.05) is 27.2 Å². The predicted octanol–water partition coefficient (Wildman–Crippen LogP) is 1.79. The minimum atomic E-state index is -0.549. The lowest BCUT2D eigenvalue weighted by Gasteiger charge is -2.26. The van der Waals surface area contributed by atoms with Gasteiger partial charge in [-0.3, -0.25) is 9.59 Å². The van der Waals surface area contributed by atoms with E-state index in [4.69, 9.17) is 4.74 Å². The van der Waals surface area contributed by atoms with Gasteiger partial charge in [0.25, 0.3) is 0 Å². The molecule has 1 fully saturated rings. The van der Waals surface area contributed by atoms with E-state index in [9.17, 15) is 9.59 Å². The monoisotopic (exact) mass is 359 g/mol. The molecule has 142 valence electrons. The third-order valence-electron chi connectivity index (χ3n) is 5.32. The number of benzene rings is 1. The Kier molecular flexibility index (Phi) is 6.14. The predicted molar refractivity (Wildman–Crippen MR) is 100 cm³/mol. The van der Waals surface area contributed by atoms with Crippen molar-refractivity contribution in [2.45, 2.75) is 50.6 Å². The zero-order chi connectivity index (χ0) is 18.5. The lowest BCUT2D eigenvalue weighted by Crippen LogP contribution is -2.46. The van der Waals surface area contributed by atoms with E-state index < -0.39 is 11.8 Å². The molecule has 26 heavy (non-hydrogen) atoms. The van der Waals surface area contributed by atoms with Crippen molar-refractivity contribution in [1.29, 1.82) is 0 Å². The van der Waals surface area contributed by atoms with E-state index >= 15 is 0 Å². The number of carbonyl (C=O) groups is 2. The maximum Gasteiger partial charge on any atom is 0.309 e. The average molecular weight is 359 g/mol. The Morgan fingerprint density at radius 3 is 2.69 bits per heavy atom. The SMILES string of the molecule is CN(C)C(CNC(=O)C(=O)NC1CCCCC1)c1ccc2c(c1)CCO2. The standard InChI is InChI=1S/C20H29N3O3/c1-23(2)17(14-8-9-18-15(12-14)10-11-26-18)13-21-19(24)20(25)22-16-6-4-3-5-7-16/h8-9,12,16-17H,3-7,10-11,13H2,1-2H3,(H,21,24)(H,22,25). The van der Waals surface area contributed by atoms with Crippen LogP contribution in [0.2, 0.25) is 0 Å². The van der Waals surface area contributed by atoms with Gasteiger partial charge in [-0.05, 0) is 44.1 Å². The highest BCUT2D eigenvalue weighted by Gasteiger charge is 2.23. The summed E-state index contributed by atoms with van der Waals surface area (Å²) in [5, 5.41) is 5.66. The third-order valence-corrected chi connectivity index (χ3v) is 5.32. The summed E-state index contributed by atoms with van der Waals surface area (Å²) in [7, 11) is 3.95. The highest BCUT2D eigenvalue weighted by Crippen LogP contribution is 2.29. The molecule has 1 heterocycles. The Labute approximate surface area is 155 Å². The maximum absolute atomic E-state index is 12.2. The summed E-state index contributed by atoms with van der Waals surface area (Å²) in [5.41, 5.74) is 2.32. The molecule has 0 saturated heterocycles. The quantitative estimate of drug-likeness (QED) is 0.787. The first-order valence-corrected chi connectivity index (χ1v) is 9.55. The second kappa shape index (κ2) is 8.54. The number of ether oxygens (including phenoxy) is 1. The summed E-state index contributed by atoms with van der Waals surface area (Å²) in [4.78, 5) is 26.4. The van der Waals surface area contributed by atoms with Crippen LogP contribution in [0.4, 0.5) is 0 Å². The Bertz CT molecular complexity index is 654. The topological polar surface area (TPSA) is 70.7 Å². The molecule has 1 unspecified atom stereocenters. The molecule has 1 saturated carbocycles. The second-order valence-corrected chi connectivity index (χ2v) is 7.46. The van der Waals surface area contributed by atoms with Gasteiger partial charge < -0.3 is 20.3 Å². The first-order valence-electron chi connectivity index (χ1n) is 9.55. The first-order chi connectivity index (χ1) is 12.5. The molecule has 6 nitrogen and oxygen atoms in total. The molecular formula is C20H29N3O3. The van der Waals surface area contributed by atoms with Gasteiger partial charge in [0.2, 0.25) is 0 Å². The van der Waals surface area contributed by atoms with Gasteiger partial charge in [-0.25, -0.2) is 0 Å². The molecular weight excluding hydrogens is 330 g/mol. The summed E-state index contributed by atoms with van der Waals surface area (Å²) in [6.45, 7) is 1.12. The van der Waals surface area contributed by atoms with Crippen LogP contribution in [0.25, 0.3) is 0 Å². The van der Waals surface area contributed by atoms with E-state index in [-0.39, 0.29) is 12.1 Å². The Hall–Kier alpha value is -2.08. The second-order valence-electron chi connectivity index (χ2n) is 7.46. The van der Waals surface area contributed by atoms with Crippen molar-refractivity contribution in [2.24, 2.45) is 0 Å². The molecule has 2 aliphatic rings. The zero-order valence-corrected chi connectivity index (χ0v) is 15.7. The lowest BCUT2D eigenvalue weighted by molar-refractivity contribution is -0.139. The number of rotatable bonds is 5. The number of carbonyl (C=O) groups excluding carboxylic acids is 2. The number of amides is 2. The molecule has 1 aliphatic heterocycles. The number of nitrogens with zero attached hydrogens (tertiary/aromatic N) is 1. The highest BCUT2D eigenvalue weighted by atomic mass is 16.5. The Morgan fingerprint density at radius 2 is 1.96 bits per heavy atom. The fraction of sp³-hybridized carbons (Fsp3) is 0.600. The van der Waals surface area contributed by atoms with Crippen LogP contribution in [-0.4, -0.2) is 50.0 Å². The molecule has 2 amide bonds. The van der Waals surface area contributed by atoms with Crippen LogP contribution in [0, 0.1) is 0 Å². The van der Waals surface area contributed by atoms with Gasteiger partial charge in [0.15, 0.2) is 0 Å². The van der Waals surface area contributed by atoms with E-state index in [0.717, 1.165) is 50.0 Å². The molecule has 0 aromatic heterocycles. The summed E-state index contributed by atoms with van der Waals surface area (Å²) in [5.74, 6) is -0.120. The van der Waals surface area contributed by atoms with Gasteiger partial charge in [0, 0.05) is 19.0 Å². The molecule has 1 aromatic rings. The summed E-state index contributed by atoms with van der Waals surface area (Å²) in [6.07, 6.45) is 6.32. The van der Waals surface area contributed by atoms with Crippen LogP contribution >= 0.6 is 0 Å².